The van der Waals surface area contributed by atoms with Crippen LogP contribution >= 0.6 is 0 Å². The molecule has 1 amide bonds. The van der Waals surface area contributed by atoms with Gasteiger partial charge in [0.25, 0.3) is 0 Å². The van der Waals surface area contributed by atoms with Gasteiger partial charge in [0, 0.05) is 25.6 Å². The van der Waals surface area contributed by atoms with E-state index in [2.05, 4.69) is 0 Å². The molecule has 1 saturated carbocycles. The van der Waals surface area contributed by atoms with E-state index in [9.17, 15) is 18.3 Å². The number of likely N-dealkylation sites (N-methyl/N-ethyl adjacent to an activating group) is 1. The molecule has 2 aliphatic rings. The number of likely N-dealkylation sites (tertiary alicyclic amines) is 1. The molecule has 1 saturated heterocycles. The first kappa shape index (κ1) is 17.7. The topological polar surface area (TPSA) is 77.9 Å². The van der Waals surface area contributed by atoms with Crippen molar-refractivity contribution < 1.29 is 18.3 Å². The molecule has 3 atom stereocenters. The third-order valence-electron chi connectivity index (χ3n) is 5.25. The Labute approximate surface area is 133 Å². The molecule has 0 aromatic carbocycles. The van der Waals surface area contributed by atoms with E-state index in [1.54, 1.807) is 4.90 Å². The van der Waals surface area contributed by atoms with Crippen molar-refractivity contribution in [3.63, 3.8) is 0 Å². The van der Waals surface area contributed by atoms with Gasteiger partial charge in [-0.1, -0.05) is 12.8 Å². The molecule has 0 bridgehead atoms. The Hall–Kier alpha value is -0.660. The van der Waals surface area contributed by atoms with Gasteiger partial charge in [-0.05, 0) is 32.6 Å². The number of carbonyl (C=O) groups excluding carboxylic acids is 1. The number of amides is 1. The van der Waals surface area contributed by atoms with Gasteiger partial charge in [-0.25, -0.2) is 8.42 Å². The van der Waals surface area contributed by atoms with Crippen LogP contribution in [0.2, 0.25) is 0 Å². The van der Waals surface area contributed by atoms with E-state index in [1.807, 2.05) is 6.92 Å². The lowest BCUT2D eigenvalue weighted by Gasteiger charge is -2.43. The summed E-state index contributed by atoms with van der Waals surface area (Å²) in [5.41, 5.74) is -0.728. The van der Waals surface area contributed by atoms with Crippen molar-refractivity contribution in [3.8, 4) is 0 Å². The summed E-state index contributed by atoms with van der Waals surface area (Å²) in [5.74, 6) is -0.0620. The van der Waals surface area contributed by atoms with Gasteiger partial charge in [0.05, 0.1) is 18.4 Å². The predicted octanol–water partition coefficient (Wildman–Crippen LogP) is 0.810. The van der Waals surface area contributed by atoms with E-state index >= 15 is 0 Å². The molecule has 128 valence electrons. The van der Waals surface area contributed by atoms with Gasteiger partial charge in [0.2, 0.25) is 15.9 Å². The molecule has 1 N–H and O–H groups in total. The molecule has 0 aromatic heterocycles. The first-order valence-electron chi connectivity index (χ1n) is 8.06. The summed E-state index contributed by atoms with van der Waals surface area (Å²) in [4.78, 5) is 14.3. The lowest BCUT2D eigenvalue weighted by Crippen LogP contribution is -2.52. The van der Waals surface area contributed by atoms with E-state index in [4.69, 9.17) is 0 Å². The van der Waals surface area contributed by atoms with E-state index in [0.717, 1.165) is 49.1 Å². The SMILES string of the molecule is CN(CC(=O)N1CCCC1C1CCCCC1(C)O)S(C)(=O)=O. The standard InChI is InChI=1S/C15H28N2O4S/c1-15(19)9-5-4-7-12(15)13-8-6-10-17(13)14(18)11-16(2)22(3,20)21/h12-13,19H,4-11H2,1-3H3. The highest BCUT2D eigenvalue weighted by molar-refractivity contribution is 7.88. The smallest absolute Gasteiger partial charge is 0.238 e. The number of rotatable bonds is 4. The van der Waals surface area contributed by atoms with Crippen LogP contribution in [0.15, 0.2) is 0 Å². The van der Waals surface area contributed by atoms with E-state index in [1.165, 1.54) is 7.05 Å². The molecular weight excluding hydrogens is 304 g/mol. The number of carbonyl (C=O) groups is 1. The fourth-order valence-electron chi connectivity index (χ4n) is 3.87. The number of nitrogens with zero attached hydrogens (tertiary/aromatic N) is 2. The highest BCUT2D eigenvalue weighted by Gasteiger charge is 2.44. The third-order valence-corrected chi connectivity index (χ3v) is 6.52. The first-order valence-corrected chi connectivity index (χ1v) is 9.91. The van der Waals surface area contributed by atoms with Gasteiger partial charge in [-0.2, -0.15) is 4.31 Å². The Kier molecular flexibility index (Phi) is 5.19. The molecule has 0 spiro atoms. The molecule has 2 fully saturated rings. The average Bonchev–Trinajstić information content (AvgIpc) is 2.85. The summed E-state index contributed by atoms with van der Waals surface area (Å²) in [6, 6.07) is 0.0377. The van der Waals surface area contributed by atoms with Gasteiger partial charge in [0.1, 0.15) is 0 Å². The summed E-state index contributed by atoms with van der Waals surface area (Å²) >= 11 is 0. The third kappa shape index (κ3) is 3.81. The highest BCUT2D eigenvalue weighted by atomic mass is 32.2. The second-order valence-electron chi connectivity index (χ2n) is 7.03. The Bertz CT molecular complexity index is 518. The molecule has 3 unspecified atom stereocenters. The van der Waals surface area contributed by atoms with Crippen LogP contribution in [0.4, 0.5) is 0 Å². The second-order valence-corrected chi connectivity index (χ2v) is 9.11. The van der Waals surface area contributed by atoms with Crippen molar-refractivity contribution >= 4 is 15.9 Å². The second kappa shape index (κ2) is 6.45. The molecule has 6 nitrogen and oxygen atoms in total. The van der Waals surface area contributed by atoms with Gasteiger partial charge in [0.15, 0.2) is 0 Å². The maximum atomic E-state index is 12.5. The highest BCUT2D eigenvalue weighted by Crippen LogP contribution is 2.40. The Balaban J connectivity index is 2.08. The normalized spacial score (nSPS) is 33.4. The lowest BCUT2D eigenvalue weighted by atomic mass is 9.72. The summed E-state index contributed by atoms with van der Waals surface area (Å²) in [6.45, 7) is 2.41. The molecule has 0 radical (unpaired) electrons. The minimum atomic E-state index is -3.36. The average molecular weight is 332 g/mol. The first-order chi connectivity index (χ1) is 10.1. The fraction of sp³-hybridized carbons (Fsp3) is 0.933. The van der Waals surface area contributed by atoms with Crippen molar-refractivity contribution in [1.82, 2.24) is 9.21 Å². The molecule has 7 heteroatoms. The van der Waals surface area contributed by atoms with Crippen LogP contribution in [0.3, 0.4) is 0 Å². The minimum Gasteiger partial charge on any atom is -0.390 e. The van der Waals surface area contributed by atoms with Crippen molar-refractivity contribution in [2.75, 3.05) is 26.4 Å². The number of hydrogen-bond acceptors (Lipinski definition) is 4. The van der Waals surface area contributed by atoms with E-state index in [0.29, 0.717) is 6.54 Å². The summed E-state index contributed by atoms with van der Waals surface area (Å²) in [6.07, 6.45) is 6.75. The quantitative estimate of drug-likeness (QED) is 0.826. The molecular formula is C15H28N2O4S. The van der Waals surface area contributed by atoms with Gasteiger partial charge in [-0.15, -0.1) is 0 Å². The largest absolute Gasteiger partial charge is 0.390 e. The van der Waals surface area contributed by atoms with Crippen LogP contribution in [-0.2, 0) is 14.8 Å². The number of hydrogen-bond donors (Lipinski definition) is 1. The maximum Gasteiger partial charge on any atom is 0.238 e. The maximum absolute atomic E-state index is 12.5. The van der Waals surface area contributed by atoms with Crippen molar-refractivity contribution in [2.45, 2.75) is 57.1 Å². The Morgan fingerprint density at radius 2 is 2.00 bits per heavy atom. The number of aliphatic hydroxyl groups is 1. The van der Waals surface area contributed by atoms with Crippen molar-refractivity contribution in [1.29, 1.82) is 0 Å². The van der Waals surface area contributed by atoms with Crippen LogP contribution < -0.4 is 0 Å². The van der Waals surface area contributed by atoms with Crippen LogP contribution in [0.25, 0.3) is 0 Å². The monoisotopic (exact) mass is 332 g/mol. The zero-order valence-corrected chi connectivity index (χ0v) is 14.6. The molecule has 22 heavy (non-hydrogen) atoms. The minimum absolute atomic E-state index is 0.0377. The lowest BCUT2D eigenvalue weighted by molar-refractivity contribution is -0.136. The predicted molar refractivity (Wildman–Crippen MR) is 84.8 cm³/mol. The van der Waals surface area contributed by atoms with Crippen molar-refractivity contribution in [3.05, 3.63) is 0 Å². The summed E-state index contributed by atoms with van der Waals surface area (Å²) in [5, 5.41) is 10.7. The zero-order chi connectivity index (χ0) is 16.5. The molecule has 1 aliphatic heterocycles. The number of sulfonamides is 1. The molecule has 2 rings (SSSR count). The van der Waals surface area contributed by atoms with E-state index < -0.39 is 15.6 Å². The fourth-order valence-corrected chi connectivity index (χ4v) is 4.21. The molecule has 1 heterocycles. The summed E-state index contributed by atoms with van der Waals surface area (Å²) in [7, 11) is -1.93. The van der Waals surface area contributed by atoms with Gasteiger partial charge < -0.3 is 10.0 Å². The van der Waals surface area contributed by atoms with Gasteiger partial charge in [-0.3, -0.25) is 4.79 Å². The molecule has 0 aromatic rings. The zero-order valence-electron chi connectivity index (χ0n) is 13.8. The Morgan fingerprint density at radius 1 is 1.32 bits per heavy atom. The Morgan fingerprint density at radius 3 is 2.59 bits per heavy atom. The van der Waals surface area contributed by atoms with E-state index in [-0.39, 0.29) is 24.4 Å². The van der Waals surface area contributed by atoms with Crippen LogP contribution in [0, 0.1) is 5.92 Å². The molecule has 1 aliphatic carbocycles. The van der Waals surface area contributed by atoms with Crippen LogP contribution in [-0.4, -0.2) is 66.7 Å². The van der Waals surface area contributed by atoms with Crippen molar-refractivity contribution in [2.24, 2.45) is 5.92 Å². The van der Waals surface area contributed by atoms with Crippen LogP contribution in [0.1, 0.15) is 45.4 Å². The van der Waals surface area contributed by atoms with Gasteiger partial charge >= 0.3 is 0 Å². The summed E-state index contributed by atoms with van der Waals surface area (Å²) < 4.78 is 24.1. The van der Waals surface area contributed by atoms with Crippen LogP contribution in [0.5, 0.6) is 0 Å².